The first kappa shape index (κ1) is 14.2. The Kier molecular flexibility index (Phi) is 7.07. The molecule has 0 saturated carbocycles. The predicted octanol–water partition coefficient (Wildman–Crippen LogP) is 1.44. The van der Waals surface area contributed by atoms with Gasteiger partial charge in [-0.1, -0.05) is 0 Å². The minimum atomic E-state index is -0.437. The van der Waals surface area contributed by atoms with E-state index in [1.165, 1.54) is 0 Å². The molecule has 0 aliphatic heterocycles. The van der Waals surface area contributed by atoms with Gasteiger partial charge in [-0.15, -0.1) is 0 Å². The number of hydroxylamine groups is 1. The minimum Gasteiger partial charge on any atom is -0.444 e. The average molecular weight is 218 g/mol. The van der Waals surface area contributed by atoms with Crippen molar-refractivity contribution in [3.8, 4) is 0 Å². The normalized spacial score (nSPS) is 11.2. The molecule has 0 spiro atoms. The van der Waals surface area contributed by atoms with E-state index in [0.717, 1.165) is 6.42 Å². The lowest BCUT2D eigenvalue weighted by atomic mass is 10.2. The summed E-state index contributed by atoms with van der Waals surface area (Å²) in [6.45, 7) is 9.35. The SMILES string of the molecule is CCONCCCNC(=O)OC(C)(C)C. The Labute approximate surface area is 91.5 Å². The Balaban J connectivity index is 3.32. The average Bonchev–Trinajstić information content (AvgIpc) is 2.08. The van der Waals surface area contributed by atoms with Gasteiger partial charge in [-0.2, -0.15) is 0 Å². The zero-order valence-electron chi connectivity index (χ0n) is 10.1. The monoisotopic (exact) mass is 218 g/mol. The second-order valence-electron chi connectivity index (χ2n) is 4.11. The van der Waals surface area contributed by atoms with Gasteiger partial charge in [0.1, 0.15) is 5.60 Å². The van der Waals surface area contributed by atoms with Crippen molar-refractivity contribution in [3.05, 3.63) is 0 Å². The largest absolute Gasteiger partial charge is 0.444 e. The maximum atomic E-state index is 11.2. The van der Waals surface area contributed by atoms with Gasteiger partial charge in [0.2, 0.25) is 0 Å². The maximum Gasteiger partial charge on any atom is 0.407 e. The Hall–Kier alpha value is -0.810. The van der Waals surface area contributed by atoms with Gasteiger partial charge in [0, 0.05) is 13.1 Å². The zero-order valence-corrected chi connectivity index (χ0v) is 10.1. The summed E-state index contributed by atoms with van der Waals surface area (Å²) in [5.41, 5.74) is 2.33. The van der Waals surface area contributed by atoms with Crippen LogP contribution < -0.4 is 10.8 Å². The molecule has 0 fully saturated rings. The topological polar surface area (TPSA) is 59.6 Å². The van der Waals surface area contributed by atoms with Gasteiger partial charge in [-0.05, 0) is 34.1 Å². The summed E-state index contributed by atoms with van der Waals surface area (Å²) in [5, 5.41) is 2.66. The van der Waals surface area contributed by atoms with Crippen LogP contribution in [0.15, 0.2) is 0 Å². The van der Waals surface area contributed by atoms with Crippen molar-refractivity contribution in [2.24, 2.45) is 0 Å². The molecule has 0 aromatic heterocycles. The van der Waals surface area contributed by atoms with Crippen LogP contribution >= 0.6 is 0 Å². The molecule has 0 unspecified atom stereocenters. The van der Waals surface area contributed by atoms with Gasteiger partial charge in [0.05, 0.1) is 6.61 Å². The van der Waals surface area contributed by atoms with E-state index in [4.69, 9.17) is 9.57 Å². The third-order valence-electron chi connectivity index (χ3n) is 1.37. The number of hydrogen-bond donors (Lipinski definition) is 2. The van der Waals surface area contributed by atoms with Gasteiger partial charge in [0.25, 0.3) is 0 Å². The molecule has 0 aromatic carbocycles. The highest BCUT2D eigenvalue weighted by Crippen LogP contribution is 2.06. The van der Waals surface area contributed by atoms with Crippen LogP contribution in [-0.4, -0.2) is 31.4 Å². The van der Waals surface area contributed by atoms with Crippen molar-refractivity contribution in [1.82, 2.24) is 10.8 Å². The Morgan fingerprint density at radius 3 is 2.47 bits per heavy atom. The van der Waals surface area contributed by atoms with E-state index >= 15 is 0 Å². The minimum absolute atomic E-state index is 0.376. The highest BCUT2D eigenvalue weighted by molar-refractivity contribution is 5.67. The molecular formula is C10H22N2O3. The summed E-state index contributed by atoms with van der Waals surface area (Å²) < 4.78 is 5.06. The summed E-state index contributed by atoms with van der Waals surface area (Å²) in [6, 6.07) is 0. The molecule has 0 radical (unpaired) electrons. The van der Waals surface area contributed by atoms with Crippen molar-refractivity contribution in [2.75, 3.05) is 19.7 Å². The third-order valence-corrected chi connectivity index (χ3v) is 1.37. The second-order valence-corrected chi connectivity index (χ2v) is 4.11. The number of amides is 1. The van der Waals surface area contributed by atoms with Crippen molar-refractivity contribution in [3.63, 3.8) is 0 Å². The van der Waals surface area contributed by atoms with Crippen LogP contribution in [0.1, 0.15) is 34.1 Å². The molecule has 0 aliphatic rings. The van der Waals surface area contributed by atoms with E-state index in [1.54, 1.807) is 0 Å². The number of rotatable bonds is 6. The summed E-state index contributed by atoms with van der Waals surface area (Å²) in [4.78, 5) is 16.1. The second kappa shape index (κ2) is 7.48. The third kappa shape index (κ3) is 11.1. The summed E-state index contributed by atoms with van der Waals surface area (Å²) in [6.07, 6.45) is 0.429. The quantitative estimate of drug-likeness (QED) is 0.523. The van der Waals surface area contributed by atoms with Crippen LogP contribution in [0.3, 0.4) is 0 Å². The number of alkyl carbamates (subject to hydrolysis) is 1. The predicted molar refractivity (Wildman–Crippen MR) is 58.5 cm³/mol. The summed E-state index contributed by atoms with van der Waals surface area (Å²) in [5.74, 6) is 0. The lowest BCUT2D eigenvalue weighted by Gasteiger charge is -2.19. The number of carbonyl (C=O) groups excluding carboxylic acids is 1. The zero-order chi connectivity index (χ0) is 11.7. The molecule has 0 aromatic rings. The van der Waals surface area contributed by atoms with E-state index in [0.29, 0.717) is 19.7 Å². The lowest BCUT2D eigenvalue weighted by Crippen LogP contribution is -2.33. The number of hydrogen-bond acceptors (Lipinski definition) is 4. The fourth-order valence-corrected chi connectivity index (χ4v) is 0.839. The van der Waals surface area contributed by atoms with E-state index in [2.05, 4.69) is 10.8 Å². The molecular weight excluding hydrogens is 196 g/mol. The van der Waals surface area contributed by atoms with Crippen LogP contribution in [0.5, 0.6) is 0 Å². The van der Waals surface area contributed by atoms with Gasteiger partial charge < -0.3 is 14.9 Å². The molecule has 0 saturated heterocycles. The van der Waals surface area contributed by atoms with Crippen LogP contribution in [0.4, 0.5) is 4.79 Å². The Morgan fingerprint density at radius 2 is 1.93 bits per heavy atom. The maximum absolute atomic E-state index is 11.2. The van der Waals surface area contributed by atoms with Crippen molar-refractivity contribution in [2.45, 2.75) is 39.7 Å². The van der Waals surface area contributed by atoms with E-state index < -0.39 is 5.60 Å². The first-order valence-electron chi connectivity index (χ1n) is 5.27. The number of carbonyl (C=O) groups is 1. The van der Waals surface area contributed by atoms with Crippen LogP contribution in [-0.2, 0) is 9.57 Å². The molecule has 0 rings (SSSR count). The smallest absolute Gasteiger partial charge is 0.407 e. The van der Waals surface area contributed by atoms with E-state index in [1.807, 2.05) is 27.7 Å². The highest BCUT2D eigenvalue weighted by atomic mass is 16.6. The Morgan fingerprint density at radius 1 is 1.27 bits per heavy atom. The van der Waals surface area contributed by atoms with Crippen molar-refractivity contribution < 1.29 is 14.4 Å². The van der Waals surface area contributed by atoms with Crippen molar-refractivity contribution in [1.29, 1.82) is 0 Å². The first-order chi connectivity index (χ1) is 6.95. The molecule has 1 amide bonds. The number of nitrogens with one attached hydrogen (secondary N) is 2. The fourth-order valence-electron chi connectivity index (χ4n) is 0.839. The lowest BCUT2D eigenvalue weighted by molar-refractivity contribution is 0.0465. The summed E-state index contributed by atoms with van der Waals surface area (Å²) in [7, 11) is 0. The molecule has 0 bridgehead atoms. The van der Waals surface area contributed by atoms with Crippen molar-refractivity contribution >= 4 is 6.09 Å². The molecule has 5 heteroatoms. The van der Waals surface area contributed by atoms with Crippen LogP contribution in [0.25, 0.3) is 0 Å². The highest BCUT2D eigenvalue weighted by Gasteiger charge is 2.15. The molecule has 0 heterocycles. The van der Waals surface area contributed by atoms with Gasteiger partial charge >= 0.3 is 6.09 Å². The van der Waals surface area contributed by atoms with E-state index in [9.17, 15) is 4.79 Å². The molecule has 0 aliphatic carbocycles. The molecule has 2 N–H and O–H groups in total. The summed E-state index contributed by atoms with van der Waals surface area (Å²) >= 11 is 0. The number of ether oxygens (including phenoxy) is 1. The fraction of sp³-hybridized carbons (Fsp3) is 0.900. The van der Waals surface area contributed by atoms with Crippen LogP contribution in [0, 0.1) is 0 Å². The molecule has 15 heavy (non-hydrogen) atoms. The van der Waals surface area contributed by atoms with Gasteiger partial charge in [-0.3, -0.25) is 0 Å². The Bertz CT molecular complexity index is 178. The standard InChI is InChI=1S/C10H22N2O3/c1-5-14-12-8-6-7-11-9(13)15-10(2,3)4/h12H,5-8H2,1-4H3,(H,11,13). The first-order valence-corrected chi connectivity index (χ1v) is 5.27. The van der Waals surface area contributed by atoms with Gasteiger partial charge in [0.15, 0.2) is 0 Å². The van der Waals surface area contributed by atoms with Gasteiger partial charge in [-0.25, -0.2) is 10.3 Å². The molecule has 90 valence electrons. The molecule has 0 atom stereocenters. The van der Waals surface area contributed by atoms with E-state index in [-0.39, 0.29) is 6.09 Å². The molecule has 5 nitrogen and oxygen atoms in total. The van der Waals surface area contributed by atoms with Crippen LogP contribution in [0.2, 0.25) is 0 Å².